The third-order valence-corrected chi connectivity index (χ3v) is 14.9. The van der Waals surface area contributed by atoms with Crippen molar-refractivity contribution < 1.29 is 49.3 Å². The van der Waals surface area contributed by atoms with E-state index < -0.39 is 49.5 Å². The van der Waals surface area contributed by atoms with E-state index >= 15 is 0 Å². The Bertz CT molecular complexity index is 1200. The largest absolute Gasteiger partial charge is 0.466 e. The molecule has 1 fully saturated rings. The molecule has 1 heterocycles. The van der Waals surface area contributed by atoms with Crippen molar-refractivity contribution in [3.63, 3.8) is 0 Å². The Labute approximate surface area is 442 Å². The number of amides is 1. The van der Waals surface area contributed by atoms with Crippen molar-refractivity contribution in [3.05, 3.63) is 12.2 Å². The number of unbranched alkanes of at least 4 members (excludes halogenated alkanes) is 40. The van der Waals surface area contributed by atoms with Crippen LogP contribution in [-0.2, 0) is 23.8 Å². The number of carbonyl (C=O) groups is 2. The van der Waals surface area contributed by atoms with Crippen molar-refractivity contribution in [2.75, 3.05) is 19.8 Å². The third-order valence-electron chi connectivity index (χ3n) is 14.9. The molecule has 6 N–H and O–H groups in total. The average Bonchev–Trinajstić information content (AvgIpc) is 3.38. The number of aliphatic hydroxyl groups excluding tert-OH is 5. The number of ether oxygens (including phenoxy) is 3. The van der Waals surface area contributed by atoms with E-state index in [1.54, 1.807) is 6.08 Å². The van der Waals surface area contributed by atoms with Crippen molar-refractivity contribution in [2.24, 2.45) is 0 Å². The summed E-state index contributed by atoms with van der Waals surface area (Å²) in [4.78, 5) is 25.1. The van der Waals surface area contributed by atoms with Crippen molar-refractivity contribution in [1.82, 2.24) is 5.32 Å². The summed E-state index contributed by atoms with van der Waals surface area (Å²) in [6.07, 6.45) is 50.1. The van der Waals surface area contributed by atoms with E-state index in [-0.39, 0.29) is 18.5 Å². The zero-order valence-corrected chi connectivity index (χ0v) is 46.9. The molecule has 11 nitrogen and oxygen atoms in total. The summed E-state index contributed by atoms with van der Waals surface area (Å²) < 4.78 is 16.7. The fraction of sp³-hybridized carbons (Fsp3) is 0.934. The van der Waals surface area contributed by atoms with Crippen LogP contribution in [0.3, 0.4) is 0 Å². The number of hydrogen-bond donors (Lipinski definition) is 6. The summed E-state index contributed by atoms with van der Waals surface area (Å²) in [5, 5.41) is 54.4. The standard InChI is InChI=1S/C61H117NO10/c1-3-5-7-9-11-13-15-16-24-28-31-35-39-43-47-54(64)53(52-71-61-60(69)59(68)58(67)55(51-63)72-61)62-56(65)48-44-40-36-32-29-25-22-20-18-17-19-21-23-26-30-34-38-42-46-50-70-57(66)49-45-41-37-33-27-14-12-10-8-6-4-2/h43,47,53-55,58-61,63-64,67-69H,3-42,44-46,48-52H2,1-2H3,(H,62,65)/b47-43+. The number of rotatable bonds is 54. The molecule has 0 saturated carbocycles. The lowest BCUT2D eigenvalue weighted by atomic mass is 9.99. The molecule has 7 atom stereocenters. The lowest BCUT2D eigenvalue weighted by Crippen LogP contribution is -2.60. The van der Waals surface area contributed by atoms with Gasteiger partial charge in [-0.15, -0.1) is 0 Å². The average molecular weight is 1020 g/mol. The molecule has 0 aromatic carbocycles. The molecule has 0 bridgehead atoms. The Balaban J connectivity index is 2.08. The van der Waals surface area contributed by atoms with Gasteiger partial charge in [0.15, 0.2) is 6.29 Å². The minimum absolute atomic E-state index is 0.00544. The van der Waals surface area contributed by atoms with Crippen molar-refractivity contribution >= 4 is 11.9 Å². The second-order valence-corrected chi connectivity index (χ2v) is 21.8. The van der Waals surface area contributed by atoms with Crippen molar-refractivity contribution in [2.45, 2.75) is 346 Å². The van der Waals surface area contributed by atoms with Gasteiger partial charge in [-0.05, 0) is 32.1 Å². The van der Waals surface area contributed by atoms with Crippen molar-refractivity contribution in [3.8, 4) is 0 Å². The number of nitrogens with one attached hydrogen (secondary N) is 1. The second-order valence-electron chi connectivity index (χ2n) is 21.8. The van der Waals surface area contributed by atoms with E-state index in [1.807, 2.05) is 6.08 Å². The van der Waals surface area contributed by atoms with Gasteiger partial charge in [-0.2, -0.15) is 0 Å². The van der Waals surface area contributed by atoms with E-state index in [2.05, 4.69) is 19.2 Å². The maximum atomic E-state index is 13.0. The zero-order chi connectivity index (χ0) is 52.4. The molecule has 0 aliphatic carbocycles. The molecule has 1 aliphatic rings. The fourth-order valence-electron chi connectivity index (χ4n) is 9.97. The molecule has 72 heavy (non-hydrogen) atoms. The highest BCUT2D eigenvalue weighted by molar-refractivity contribution is 5.76. The molecule has 0 aromatic rings. The van der Waals surface area contributed by atoms with Crippen LogP contribution >= 0.6 is 0 Å². The number of esters is 1. The van der Waals surface area contributed by atoms with E-state index in [0.29, 0.717) is 19.4 Å². The normalized spacial score (nSPS) is 19.0. The Morgan fingerprint density at radius 1 is 0.500 bits per heavy atom. The van der Waals surface area contributed by atoms with E-state index in [4.69, 9.17) is 14.2 Å². The van der Waals surface area contributed by atoms with Gasteiger partial charge >= 0.3 is 5.97 Å². The molecule has 1 aliphatic heterocycles. The Kier molecular flexibility index (Phi) is 48.9. The zero-order valence-electron chi connectivity index (χ0n) is 46.9. The summed E-state index contributed by atoms with van der Waals surface area (Å²) in [5.74, 6) is -0.188. The monoisotopic (exact) mass is 1020 g/mol. The van der Waals surface area contributed by atoms with Crippen LogP contribution in [0.2, 0.25) is 0 Å². The van der Waals surface area contributed by atoms with Gasteiger partial charge in [0, 0.05) is 12.8 Å². The Morgan fingerprint density at radius 2 is 0.875 bits per heavy atom. The maximum Gasteiger partial charge on any atom is 0.305 e. The van der Waals surface area contributed by atoms with Crippen LogP contribution in [0.1, 0.15) is 303 Å². The van der Waals surface area contributed by atoms with Crippen LogP contribution in [0.15, 0.2) is 12.2 Å². The summed E-state index contributed by atoms with van der Waals surface area (Å²) in [7, 11) is 0. The Morgan fingerprint density at radius 3 is 1.29 bits per heavy atom. The first-order valence-electron chi connectivity index (χ1n) is 31.0. The molecule has 7 unspecified atom stereocenters. The predicted molar refractivity (Wildman–Crippen MR) is 297 cm³/mol. The molecule has 1 saturated heterocycles. The molecule has 1 rings (SSSR count). The van der Waals surface area contributed by atoms with Crippen LogP contribution in [0.5, 0.6) is 0 Å². The maximum absolute atomic E-state index is 13.0. The first-order chi connectivity index (χ1) is 35.2. The first kappa shape index (κ1) is 68.4. The van der Waals surface area contributed by atoms with Gasteiger partial charge in [0.05, 0.1) is 32.0 Å². The van der Waals surface area contributed by atoms with E-state index in [9.17, 15) is 35.1 Å². The van der Waals surface area contributed by atoms with E-state index in [0.717, 1.165) is 64.2 Å². The minimum atomic E-state index is -1.57. The highest BCUT2D eigenvalue weighted by Crippen LogP contribution is 2.23. The predicted octanol–water partition coefficient (Wildman–Crippen LogP) is 14.3. The van der Waals surface area contributed by atoms with Crippen LogP contribution in [0.4, 0.5) is 0 Å². The number of hydrogen-bond acceptors (Lipinski definition) is 10. The SMILES string of the molecule is CCCCCCCCCCCCCC/C=C/C(O)C(COC1OC(CO)C(O)C(O)C1O)NC(=O)CCCCCCCCCCCCCCCCCCCCCOC(=O)CCCCCCCCCCCCC. The molecular formula is C61H117NO10. The molecule has 11 heteroatoms. The lowest BCUT2D eigenvalue weighted by molar-refractivity contribution is -0.302. The third kappa shape index (κ3) is 40.7. The molecule has 0 aromatic heterocycles. The van der Waals surface area contributed by atoms with Gasteiger partial charge in [0.1, 0.15) is 24.4 Å². The highest BCUT2D eigenvalue weighted by atomic mass is 16.7. The molecule has 426 valence electrons. The van der Waals surface area contributed by atoms with Crippen molar-refractivity contribution in [1.29, 1.82) is 0 Å². The van der Waals surface area contributed by atoms with Gasteiger partial charge in [0.2, 0.25) is 5.91 Å². The summed E-state index contributed by atoms with van der Waals surface area (Å²) in [6.45, 7) is 4.35. The number of carbonyl (C=O) groups excluding carboxylic acids is 2. The van der Waals surface area contributed by atoms with Crippen LogP contribution in [-0.4, -0.2) is 100 Å². The van der Waals surface area contributed by atoms with Gasteiger partial charge < -0.3 is 45.1 Å². The van der Waals surface area contributed by atoms with Gasteiger partial charge in [-0.3, -0.25) is 9.59 Å². The van der Waals surface area contributed by atoms with Gasteiger partial charge in [0.25, 0.3) is 0 Å². The van der Waals surface area contributed by atoms with Crippen LogP contribution in [0, 0.1) is 0 Å². The van der Waals surface area contributed by atoms with Gasteiger partial charge in [-0.25, -0.2) is 0 Å². The van der Waals surface area contributed by atoms with E-state index in [1.165, 1.54) is 212 Å². The number of allylic oxidation sites excluding steroid dienone is 1. The minimum Gasteiger partial charge on any atom is -0.466 e. The topological polar surface area (TPSA) is 175 Å². The fourth-order valence-corrected chi connectivity index (χ4v) is 9.97. The summed E-state index contributed by atoms with van der Waals surface area (Å²) in [5.41, 5.74) is 0. The van der Waals surface area contributed by atoms with Crippen LogP contribution in [0.25, 0.3) is 0 Å². The summed E-state index contributed by atoms with van der Waals surface area (Å²) >= 11 is 0. The quantitative estimate of drug-likeness (QED) is 0.0195. The van der Waals surface area contributed by atoms with Gasteiger partial charge in [-0.1, -0.05) is 270 Å². The second kappa shape index (κ2) is 51.5. The molecule has 0 spiro atoms. The smallest absolute Gasteiger partial charge is 0.305 e. The molecule has 1 amide bonds. The number of aliphatic hydroxyl groups is 5. The first-order valence-corrected chi connectivity index (χ1v) is 31.0. The lowest BCUT2D eigenvalue weighted by Gasteiger charge is -2.40. The summed E-state index contributed by atoms with van der Waals surface area (Å²) in [6, 6.07) is -0.811. The Hall–Kier alpha value is -1.60. The molecule has 0 radical (unpaired) electrons. The highest BCUT2D eigenvalue weighted by Gasteiger charge is 2.44. The molecular weight excluding hydrogens is 907 g/mol. The van der Waals surface area contributed by atoms with Crippen LogP contribution < -0.4 is 5.32 Å².